The smallest absolute Gasteiger partial charge is 0.416 e. The SMILES string of the molecule is CC(C(=O)O)=C(c1ccc2c(c1)NC(C1CCN(Cc3cc(C(F)(F)F)ccc3C(F)(F)F)CC1)CO2)C1CC1. The van der Waals surface area contributed by atoms with Crippen LogP contribution in [-0.2, 0) is 23.7 Å². The molecule has 216 valence electrons. The summed E-state index contributed by atoms with van der Waals surface area (Å²) in [6.07, 6.45) is -6.29. The molecule has 2 aromatic rings. The van der Waals surface area contributed by atoms with Crippen molar-refractivity contribution in [2.45, 2.75) is 57.5 Å². The highest BCUT2D eigenvalue weighted by molar-refractivity contribution is 5.97. The van der Waals surface area contributed by atoms with E-state index in [0.717, 1.165) is 29.7 Å². The van der Waals surface area contributed by atoms with Gasteiger partial charge in [0, 0.05) is 12.1 Å². The van der Waals surface area contributed by atoms with Gasteiger partial charge in [-0.2, -0.15) is 26.3 Å². The van der Waals surface area contributed by atoms with Crippen LogP contribution in [0.3, 0.4) is 0 Å². The van der Waals surface area contributed by atoms with Crippen molar-refractivity contribution in [3.8, 4) is 5.75 Å². The molecule has 1 unspecified atom stereocenters. The van der Waals surface area contributed by atoms with Crippen LogP contribution in [0.15, 0.2) is 42.0 Å². The molecule has 40 heavy (non-hydrogen) atoms. The van der Waals surface area contributed by atoms with Gasteiger partial charge in [0.2, 0.25) is 0 Å². The van der Waals surface area contributed by atoms with Crippen LogP contribution in [-0.4, -0.2) is 41.7 Å². The normalized spacial score (nSPS) is 21.2. The molecule has 0 spiro atoms. The topological polar surface area (TPSA) is 61.8 Å². The third-order valence-corrected chi connectivity index (χ3v) is 8.09. The molecule has 2 aromatic carbocycles. The Labute approximate surface area is 227 Å². The molecule has 5 nitrogen and oxygen atoms in total. The summed E-state index contributed by atoms with van der Waals surface area (Å²) in [4.78, 5) is 13.4. The summed E-state index contributed by atoms with van der Waals surface area (Å²) in [6, 6.07) is 7.17. The van der Waals surface area contributed by atoms with E-state index in [0.29, 0.717) is 62.1 Å². The van der Waals surface area contributed by atoms with Gasteiger partial charge in [-0.1, -0.05) is 6.07 Å². The van der Waals surface area contributed by atoms with Gasteiger partial charge in [0.15, 0.2) is 0 Å². The quantitative estimate of drug-likeness (QED) is 0.288. The largest absolute Gasteiger partial charge is 0.489 e. The van der Waals surface area contributed by atoms with Gasteiger partial charge in [-0.3, -0.25) is 4.90 Å². The van der Waals surface area contributed by atoms with E-state index in [4.69, 9.17) is 4.74 Å². The highest BCUT2D eigenvalue weighted by Gasteiger charge is 2.38. The van der Waals surface area contributed by atoms with Gasteiger partial charge in [-0.25, -0.2) is 4.79 Å². The highest BCUT2D eigenvalue weighted by atomic mass is 19.4. The van der Waals surface area contributed by atoms with E-state index < -0.39 is 29.4 Å². The maximum Gasteiger partial charge on any atom is 0.416 e. The number of nitrogens with one attached hydrogen (secondary N) is 1. The number of alkyl halides is 6. The molecule has 2 aliphatic heterocycles. The van der Waals surface area contributed by atoms with Crippen LogP contribution in [0.2, 0.25) is 0 Å². The average Bonchev–Trinajstić information content (AvgIpc) is 3.73. The summed E-state index contributed by atoms with van der Waals surface area (Å²) in [5.74, 6) is 0.107. The maximum absolute atomic E-state index is 13.5. The van der Waals surface area contributed by atoms with Crippen molar-refractivity contribution in [2.75, 3.05) is 25.0 Å². The fraction of sp³-hybridized carbons (Fsp3) is 0.483. The van der Waals surface area contributed by atoms with E-state index in [1.54, 1.807) is 11.8 Å². The second-order valence-corrected chi connectivity index (χ2v) is 10.9. The Balaban J connectivity index is 1.26. The minimum absolute atomic E-state index is 0.0573. The predicted molar refractivity (Wildman–Crippen MR) is 137 cm³/mol. The monoisotopic (exact) mass is 568 g/mol. The second-order valence-electron chi connectivity index (χ2n) is 10.9. The number of allylic oxidation sites excluding steroid dienone is 1. The Morgan fingerprint density at radius 2 is 1.70 bits per heavy atom. The summed E-state index contributed by atoms with van der Waals surface area (Å²) in [6.45, 7) is 2.69. The average molecular weight is 569 g/mol. The van der Waals surface area contributed by atoms with Crippen molar-refractivity contribution >= 4 is 17.2 Å². The zero-order chi connectivity index (χ0) is 28.8. The molecule has 1 saturated carbocycles. The number of carboxylic acid groups (broad SMARTS) is 1. The standard InChI is InChI=1S/C29H30F6N2O3/c1-16(27(38)39)26(18-2-3-18)19-4-7-25-23(13-19)36-24(15-40-25)17-8-10-37(11-9-17)14-20-12-21(28(30,31)32)5-6-22(20)29(33,34)35/h4-7,12-13,17-18,24,36H,2-3,8-11,14-15H2,1H3,(H,38,39). The number of hydrogen-bond donors (Lipinski definition) is 2. The number of fused-ring (bicyclic) bond motifs is 1. The summed E-state index contributed by atoms with van der Waals surface area (Å²) < 4.78 is 86.1. The number of hydrogen-bond acceptors (Lipinski definition) is 4. The number of carboxylic acids is 1. The first-order chi connectivity index (χ1) is 18.8. The van der Waals surface area contributed by atoms with Gasteiger partial charge in [0.05, 0.1) is 22.9 Å². The second kappa shape index (κ2) is 10.6. The van der Waals surface area contributed by atoms with Gasteiger partial charge >= 0.3 is 18.3 Å². The number of benzene rings is 2. The zero-order valence-electron chi connectivity index (χ0n) is 21.8. The Kier molecular flexibility index (Phi) is 7.54. The summed E-state index contributed by atoms with van der Waals surface area (Å²) in [5.41, 5.74) is 0.261. The molecule has 11 heteroatoms. The number of piperidine rings is 1. The molecule has 2 heterocycles. The van der Waals surface area contributed by atoms with Gasteiger partial charge in [-0.15, -0.1) is 0 Å². The van der Waals surface area contributed by atoms with E-state index in [1.165, 1.54) is 0 Å². The molecule has 0 radical (unpaired) electrons. The molecule has 3 aliphatic rings. The van der Waals surface area contributed by atoms with Crippen LogP contribution < -0.4 is 10.1 Å². The fourth-order valence-corrected chi connectivity index (χ4v) is 5.79. The maximum atomic E-state index is 13.5. The molecule has 1 aliphatic carbocycles. The summed E-state index contributed by atoms with van der Waals surface area (Å²) in [7, 11) is 0. The lowest BCUT2D eigenvalue weighted by Crippen LogP contribution is -2.44. The lowest BCUT2D eigenvalue weighted by molar-refractivity contribution is -0.142. The molecule has 2 fully saturated rings. The van der Waals surface area contributed by atoms with E-state index in [9.17, 15) is 36.2 Å². The first-order valence-corrected chi connectivity index (χ1v) is 13.3. The van der Waals surface area contributed by atoms with Crippen LogP contribution in [0.1, 0.15) is 54.9 Å². The van der Waals surface area contributed by atoms with Crippen molar-refractivity contribution in [3.05, 3.63) is 64.2 Å². The van der Waals surface area contributed by atoms with Crippen LogP contribution in [0.5, 0.6) is 5.75 Å². The highest BCUT2D eigenvalue weighted by Crippen LogP contribution is 2.46. The predicted octanol–water partition coefficient (Wildman–Crippen LogP) is 7.08. The first-order valence-electron chi connectivity index (χ1n) is 13.3. The summed E-state index contributed by atoms with van der Waals surface area (Å²) >= 11 is 0. The summed E-state index contributed by atoms with van der Waals surface area (Å²) in [5, 5.41) is 13.1. The van der Waals surface area contributed by atoms with Crippen molar-refractivity contribution in [1.29, 1.82) is 0 Å². The molecule has 0 aromatic heterocycles. The minimum Gasteiger partial charge on any atom is -0.489 e. The number of nitrogens with zero attached hydrogens (tertiary/aromatic N) is 1. The number of halogens is 6. The number of ether oxygens (including phenoxy) is 1. The Morgan fingerprint density at radius 3 is 2.30 bits per heavy atom. The number of aliphatic carboxylic acids is 1. The lowest BCUT2D eigenvalue weighted by atomic mass is 9.88. The van der Waals surface area contributed by atoms with E-state index in [2.05, 4.69) is 5.32 Å². The molecule has 1 saturated heterocycles. The van der Waals surface area contributed by atoms with Gasteiger partial charge in [0.25, 0.3) is 0 Å². The number of rotatable bonds is 6. The van der Waals surface area contributed by atoms with Gasteiger partial charge in [-0.05, 0) is 105 Å². The van der Waals surface area contributed by atoms with Crippen LogP contribution >= 0.6 is 0 Å². The Morgan fingerprint density at radius 1 is 1.00 bits per heavy atom. The van der Waals surface area contributed by atoms with Crippen molar-refractivity contribution in [3.63, 3.8) is 0 Å². The minimum atomic E-state index is -4.75. The van der Waals surface area contributed by atoms with E-state index in [-0.39, 0.29) is 30.0 Å². The molecule has 0 amide bonds. The molecular formula is C29H30F6N2O3. The van der Waals surface area contributed by atoms with Gasteiger partial charge < -0.3 is 15.2 Å². The Hall–Kier alpha value is -3.21. The molecule has 0 bridgehead atoms. The lowest BCUT2D eigenvalue weighted by Gasteiger charge is -2.39. The third kappa shape index (κ3) is 6.09. The van der Waals surface area contributed by atoms with Crippen LogP contribution in [0, 0.1) is 11.8 Å². The van der Waals surface area contributed by atoms with E-state index in [1.807, 2.05) is 18.2 Å². The van der Waals surface area contributed by atoms with E-state index >= 15 is 0 Å². The molecular weight excluding hydrogens is 538 g/mol. The van der Waals surface area contributed by atoms with Gasteiger partial charge in [0.1, 0.15) is 12.4 Å². The third-order valence-electron chi connectivity index (χ3n) is 8.09. The van der Waals surface area contributed by atoms with Crippen molar-refractivity contribution < 1.29 is 41.0 Å². The van der Waals surface area contributed by atoms with Crippen LogP contribution in [0.25, 0.3) is 5.57 Å². The Bertz CT molecular complexity index is 1310. The molecule has 2 N–H and O–H groups in total. The zero-order valence-corrected chi connectivity index (χ0v) is 21.8. The molecule has 5 rings (SSSR count). The van der Waals surface area contributed by atoms with Crippen molar-refractivity contribution in [1.82, 2.24) is 4.90 Å². The number of anilines is 1. The fourth-order valence-electron chi connectivity index (χ4n) is 5.79. The van der Waals surface area contributed by atoms with Crippen LogP contribution in [0.4, 0.5) is 32.0 Å². The van der Waals surface area contributed by atoms with Crippen molar-refractivity contribution in [2.24, 2.45) is 11.8 Å². The first kappa shape index (κ1) is 28.3. The molecule has 1 atom stereocenters. The number of carbonyl (C=O) groups is 1. The number of likely N-dealkylation sites (tertiary alicyclic amines) is 1.